The van der Waals surface area contributed by atoms with Crippen LogP contribution in [0.1, 0.15) is 16.7 Å². The van der Waals surface area contributed by atoms with Crippen LogP contribution in [0.4, 0.5) is 0 Å². The molecule has 276 valence electrons. The minimum absolute atomic E-state index is 0.385. The van der Waals surface area contributed by atoms with Crippen LogP contribution >= 0.6 is 0 Å². The molecule has 9 aromatic carbocycles. The molecule has 0 aliphatic heterocycles. The SMILES string of the molecule is Cc1ccccc1.N=C(/C=C(\N)c1cccc(-n2c3ccccc3c3c4ccc5c(ccc6c5c5ccccc5n6-c5ccccc5)c4ccc32)c1)c1ccccc1. The van der Waals surface area contributed by atoms with Gasteiger partial charge in [0, 0.05) is 38.6 Å². The fourth-order valence-corrected chi connectivity index (χ4v) is 8.59. The highest BCUT2D eigenvalue weighted by molar-refractivity contribution is 6.30. The summed E-state index contributed by atoms with van der Waals surface area (Å²) >= 11 is 0. The monoisotopic (exact) mass is 744 g/mol. The van der Waals surface area contributed by atoms with E-state index in [1.54, 1.807) is 6.08 Å². The zero-order valence-electron chi connectivity index (χ0n) is 32.1. The van der Waals surface area contributed by atoms with Crippen LogP contribution < -0.4 is 5.73 Å². The molecule has 11 aromatic rings. The van der Waals surface area contributed by atoms with E-state index in [9.17, 15) is 0 Å². The van der Waals surface area contributed by atoms with Gasteiger partial charge in [-0.3, -0.25) is 0 Å². The maximum absolute atomic E-state index is 8.61. The predicted octanol–water partition coefficient (Wildman–Crippen LogP) is 13.5. The molecule has 3 N–H and O–H groups in total. The van der Waals surface area contributed by atoms with Crippen LogP contribution in [-0.2, 0) is 0 Å². The van der Waals surface area contributed by atoms with E-state index in [-0.39, 0.29) is 0 Å². The summed E-state index contributed by atoms with van der Waals surface area (Å²) in [6.07, 6.45) is 1.74. The van der Waals surface area contributed by atoms with E-state index in [0.717, 1.165) is 33.5 Å². The van der Waals surface area contributed by atoms with E-state index in [2.05, 4.69) is 156 Å². The van der Waals surface area contributed by atoms with Crippen molar-refractivity contribution in [1.82, 2.24) is 9.13 Å². The molecular weight excluding hydrogens is 705 g/mol. The summed E-state index contributed by atoms with van der Waals surface area (Å²) in [5, 5.41) is 18.6. The number of allylic oxidation sites excluding steroid dienone is 1. The smallest absolute Gasteiger partial charge is 0.0632 e. The zero-order chi connectivity index (χ0) is 39.2. The van der Waals surface area contributed by atoms with Gasteiger partial charge in [-0.1, -0.05) is 157 Å². The first-order valence-electron chi connectivity index (χ1n) is 19.6. The minimum atomic E-state index is 0.385. The number of aromatic nitrogens is 2. The third-order valence-electron chi connectivity index (χ3n) is 11.2. The van der Waals surface area contributed by atoms with E-state index < -0.39 is 0 Å². The summed E-state index contributed by atoms with van der Waals surface area (Å²) in [5.74, 6) is 0. The number of benzene rings is 9. The van der Waals surface area contributed by atoms with Crippen molar-refractivity contribution >= 4 is 76.6 Å². The summed E-state index contributed by atoms with van der Waals surface area (Å²) in [7, 11) is 0. The molecule has 0 unspecified atom stereocenters. The van der Waals surface area contributed by atoms with Gasteiger partial charge in [0.25, 0.3) is 0 Å². The van der Waals surface area contributed by atoms with Crippen LogP contribution in [0.15, 0.2) is 206 Å². The molecule has 0 radical (unpaired) electrons. The number of nitrogens with two attached hydrogens (primary N) is 1. The fourth-order valence-electron chi connectivity index (χ4n) is 8.59. The summed E-state index contributed by atoms with van der Waals surface area (Å²) in [6.45, 7) is 2.08. The number of aryl methyl sites for hydroxylation is 1. The van der Waals surface area contributed by atoms with Gasteiger partial charge in [-0.2, -0.15) is 0 Å². The normalized spacial score (nSPS) is 11.8. The number of rotatable bonds is 5. The number of hydrogen-bond acceptors (Lipinski definition) is 2. The molecule has 2 aromatic heterocycles. The number of nitrogens with zero attached hydrogens (tertiary/aromatic N) is 2. The lowest BCUT2D eigenvalue weighted by molar-refractivity contribution is 1.18. The second kappa shape index (κ2) is 14.4. The van der Waals surface area contributed by atoms with Crippen molar-refractivity contribution in [2.24, 2.45) is 5.73 Å². The van der Waals surface area contributed by atoms with E-state index in [1.807, 2.05) is 60.7 Å². The quantitative estimate of drug-likeness (QED) is 0.134. The van der Waals surface area contributed by atoms with Crippen molar-refractivity contribution in [2.75, 3.05) is 0 Å². The van der Waals surface area contributed by atoms with E-state index in [4.69, 9.17) is 11.1 Å². The average Bonchev–Trinajstić information content (AvgIpc) is 3.81. The fraction of sp³-hybridized carbons (Fsp3) is 0.0185. The molecule has 0 bridgehead atoms. The minimum Gasteiger partial charge on any atom is -0.398 e. The van der Waals surface area contributed by atoms with E-state index >= 15 is 0 Å². The van der Waals surface area contributed by atoms with Crippen LogP contribution in [-0.4, -0.2) is 14.8 Å². The highest BCUT2D eigenvalue weighted by Gasteiger charge is 2.19. The Balaban J connectivity index is 0.000000530. The lowest BCUT2D eigenvalue weighted by atomic mass is 9.96. The first-order chi connectivity index (χ1) is 28.5. The van der Waals surface area contributed by atoms with Crippen LogP contribution in [0, 0.1) is 12.3 Å². The van der Waals surface area contributed by atoms with Crippen molar-refractivity contribution in [3.63, 3.8) is 0 Å². The van der Waals surface area contributed by atoms with Gasteiger partial charge in [-0.25, -0.2) is 0 Å². The highest BCUT2D eigenvalue weighted by Crippen LogP contribution is 2.42. The summed E-state index contributed by atoms with van der Waals surface area (Å²) in [4.78, 5) is 0. The predicted molar refractivity (Wildman–Crippen MR) is 247 cm³/mol. The molecule has 0 saturated carbocycles. The third kappa shape index (κ3) is 5.91. The molecule has 0 spiro atoms. The van der Waals surface area contributed by atoms with Gasteiger partial charge in [0.1, 0.15) is 0 Å². The van der Waals surface area contributed by atoms with Crippen molar-refractivity contribution in [1.29, 1.82) is 5.41 Å². The number of nitrogens with one attached hydrogen (secondary N) is 1. The largest absolute Gasteiger partial charge is 0.398 e. The summed E-state index contributed by atoms with van der Waals surface area (Å²) in [6, 6.07) is 70.1. The number of fused-ring (bicyclic) bond motifs is 11. The Kier molecular flexibility index (Phi) is 8.65. The topological polar surface area (TPSA) is 59.7 Å². The van der Waals surface area contributed by atoms with Gasteiger partial charge < -0.3 is 20.3 Å². The maximum Gasteiger partial charge on any atom is 0.0632 e. The molecule has 0 atom stereocenters. The Morgan fingerprint density at radius 1 is 0.414 bits per heavy atom. The van der Waals surface area contributed by atoms with Crippen LogP contribution in [0.5, 0.6) is 0 Å². The van der Waals surface area contributed by atoms with Gasteiger partial charge >= 0.3 is 0 Å². The lowest BCUT2D eigenvalue weighted by Crippen LogP contribution is -2.03. The molecule has 4 nitrogen and oxygen atoms in total. The summed E-state index contributed by atoms with van der Waals surface area (Å²) < 4.78 is 4.72. The van der Waals surface area contributed by atoms with Crippen molar-refractivity contribution < 1.29 is 0 Å². The lowest BCUT2D eigenvalue weighted by Gasteiger charge is -2.12. The van der Waals surface area contributed by atoms with Gasteiger partial charge in [-0.15, -0.1) is 0 Å². The van der Waals surface area contributed by atoms with Crippen LogP contribution in [0.25, 0.3) is 82.2 Å². The second-order valence-corrected chi connectivity index (χ2v) is 14.8. The Hall–Kier alpha value is -7.69. The van der Waals surface area contributed by atoms with Crippen molar-refractivity contribution in [2.45, 2.75) is 6.92 Å². The zero-order valence-corrected chi connectivity index (χ0v) is 32.1. The van der Waals surface area contributed by atoms with Gasteiger partial charge in [0.05, 0.1) is 27.8 Å². The Morgan fingerprint density at radius 2 is 0.862 bits per heavy atom. The van der Waals surface area contributed by atoms with Crippen LogP contribution in [0.2, 0.25) is 0 Å². The van der Waals surface area contributed by atoms with Gasteiger partial charge in [0.2, 0.25) is 0 Å². The Morgan fingerprint density at radius 3 is 1.41 bits per heavy atom. The molecule has 0 aliphatic rings. The third-order valence-corrected chi connectivity index (χ3v) is 11.2. The molecule has 0 aliphatic carbocycles. The molecule has 4 heteroatoms. The molecule has 0 fully saturated rings. The molecular formula is C54H40N4. The van der Waals surface area contributed by atoms with Gasteiger partial charge in [0.15, 0.2) is 0 Å². The molecule has 11 rings (SSSR count). The maximum atomic E-state index is 8.61. The Labute approximate surface area is 336 Å². The highest BCUT2D eigenvalue weighted by atomic mass is 15.0. The van der Waals surface area contributed by atoms with Crippen molar-refractivity contribution in [3.05, 3.63) is 223 Å². The van der Waals surface area contributed by atoms with E-state index in [1.165, 1.54) is 59.7 Å². The molecule has 58 heavy (non-hydrogen) atoms. The molecule has 0 amide bonds. The molecule has 2 heterocycles. The van der Waals surface area contributed by atoms with Gasteiger partial charge in [-0.05, 0) is 94.2 Å². The molecule has 0 saturated heterocycles. The van der Waals surface area contributed by atoms with E-state index in [0.29, 0.717) is 11.4 Å². The number of para-hydroxylation sites is 3. The number of hydrogen-bond donors (Lipinski definition) is 2. The first-order valence-corrected chi connectivity index (χ1v) is 19.6. The standard InChI is InChI=1S/C47H32N4.C7H8/c48-40(30-12-3-1-4-13-30)29-41(49)31-14-11-17-33(28-31)51-43-21-10-8-19-39(43)47-37-23-22-36-34(35(37)25-27-45(47)51)24-26-44-46(36)38-18-7-9-20-42(38)50(44)32-15-5-2-6-16-32;1-7-5-3-2-4-6-7/h1-29,48H,49H2;2-6H,1H3/b41-29-,48-40?;. The van der Waals surface area contributed by atoms with Crippen LogP contribution in [0.3, 0.4) is 0 Å². The first kappa shape index (κ1) is 34.8. The summed E-state index contributed by atoms with van der Waals surface area (Å²) in [5.41, 5.74) is 17.5. The Bertz CT molecular complexity index is 3350. The average molecular weight is 745 g/mol. The van der Waals surface area contributed by atoms with Crippen molar-refractivity contribution in [3.8, 4) is 11.4 Å². The second-order valence-electron chi connectivity index (χ2n) is 14.8.